The third-order valence-corrected chi connectivity index (χ3v) is 3.34. The summed E-state index contributed by atoms with van der Waals surface area (Å²) >= 11 is 0. The fourth-order valence-corrected chi connectivity index (χ4v) is 2.37. The lowest BCUT2D eigenvalue weighted by Gasteiger charge is -2.43. The lowest BCUT2D eigenvalue weighted by molar-refractivity contribution is -0.286. The monoisotopic (exact) mass is 346 g/mol. The van der Waals surface area contributed by atoms with E-state index in [1.165, 1.54) is 20.8 Å². The van der Waals surface area contributed by atoms with Gasteiger partial charge in [0.1, 0.15) is 18.8 Å². The number of rotatable bonds is 5. The minimum absolute atomic E-state index is 0.126. The molecule has 9 heteroatoms. The van der Waals surface area contributed by atoms with Crippen molar-refractivity contribution in [1.29, 1.82) is 0 Å². The highest BCUT2D eigenvalue weighted by Crippen LogP contribution is 2.31. The second kappa shape index (κ2) is 8.62. The highest BCUT2D eigenvalue weighted by molar-refractivity contribution is 5.68. The number of hydrogen-bond acceptors (Lipinski definition) is 9. The van der Waals surface area contributed by atoms with Crippen LogP contribution in [0.15, 0.2) is 0 Å². The number of ether oxygens (including phenoxy) is 5. The summed E-state index contributed by atoms with van der Waals surface area (Å²) in [4.78, 5) is 45.0. The second-order valence-corrected chi connectivity index (χ2v) is 5.46. The van der Waals surface area contributed by atoms with Gasteiger partial charge in [-0.15, -0.1) is 0 Å². The van der Waals surface area contributed by atoms with Crippen LogP contribution in [0.1, 0.15) is 34.6 Å². The van der Waals surface area contributed by atoms with E-state index in [0.29, 0.717) is 0 Å². The molecule has 0 aromatic heterocycles. The largest absolute Gasteiger partial charge is 0.463 e. The minimum atomic E-state index is -1.28. The average molecular weight is 346 g/mol. The molecule has 0 spiro atoms. The summed E-state index contributed by atoms with van der Waals surface area (Å²) < 4.78 is 25.9. The zero-order valence-electron chi connectivity index (χ0n) is 14.3. The molecule has 5 atom stereocenters. The van der Waals surface area contributed by atoms with E-state index < -0.39 is 54.4 Å². The van der Waals surface area contributed by atoms with Gasteiger partial charge in [-0.2, -0.15) is 0 Å². The molecule has 24 heavy (non-hydrogen) atoms. The normalized spacial score (nSPS) is 29.3. The van der Waals surface area contributed by atoms with Gasteiger partial charge in [-0.1, -0.05) is 6.92 Å². The van der Waals surface area contributed by atoms with Crippen molar-refractivity contribution in [1.82, 2.24) is 0 Å². The molecule has 0 aromatic rings. The van der Waals surface area contributed by atoms with E-state index in [9.17, 15) is 19.2 Å². The fraction of sp³-hybridized carbons (Fsp3) is 0.733. The van der Waals surface area contributed by atoms with Crippen molar-refractivity contribution in [2.75, 3.05) is 6.61 Å². The van der Waals surface area contributed by atoms with Crippen molar-refractivity contribution < 1.29 is 42.9 Å². The van der Waals surface area contributed by atoms with Gasteiger partial charge in [0, 0.05) is 33.6 Å². The van der Waals surface area contributed by atoms with Crippen LogP contribution in [-0.2, 0) is 42.9 Å². The van der Waals surface area contributed by atoms with Gasteiger partial charge in [0.25, 0.3) is 0 Å². The summed E-state index contributed by atoms with van der Waals surface area (Å²) in [5.41, 5.74) is 0. The Morgan fingerprint density at radius 3 is 1.75 bits per heavy atom. The molecule has 0 saturated carbocycles. The highest BCUT2D eigenvalue weighted by atomic mass is 16.7. The van der Waals surface area contributed by atoms with Crippen molar-refractivity contribution in [2.24, 2.45) is 5.92 Å². The molecule has 1 aliphatic heterocycles. The summed E-state index contributed by atoms with van der Waals surface area (Å²) in [7, 11) is 0. The number of carbonyl (C=O) groups is 4. The van der Waals surface area contributed by atoms with Crippen LogP contribution in [-0.4, -0.2) is 55.1 Å². The summed E-state index contributed by atoms with van der Waals surface area (Å²) in [5.74, 6) is -2.91. The first-order chi connectivity index (χ1) is 11.1. The van der Waals surface area contributed by atoms with E-state index in [0.717, 1.165) is 6.92 Å². The van der Waals surface area contributed by atoms with Crippen LogP contribution in [0.4, 0.5) is 0 Å². The van der Waals surface area contributed by atoms with Gasteiger partial charge in [0.15, 0.2) is 0 Å². The maximum absolute atomic E-state index is 11.4. The molecule has 0 bridgehead atoms. The Bertz CT molecular complexity index is 501. The third-order valence-electron chi connectivity index (χ3n) is 3.34. The molecule has 1 aliphatic rings. The van der Waals surface area contributed by atoms with Gasteiger partial charge >= 0.3 is 23.9 Å². The molecule has 136 valence electrons. The van der Waals surface area contributed by atoms with E-state index in [-0.39, 0.29) is 6.61 Å². The van der Waals surface area contributed by atoms with E-state index in [1.54, 1.807) is 6.92 Å². The molecule has 1 heterocycles. The van der Waals surface area contributed by atoms with Gasteiger partial charge < -0.3 is 23.7 Å². The van der Waals surface area contributed by atoms with Gasteiger partial charge in [-0.25, -0.2) is 0 Å². The van der Waals surface area contributed by atoms with Crippen molar-refractivity contribution in [3.63, 3.8) is 0 Å². The zero-order valence-corrected chi connectivity index (χ0v) is 14.3. The quantitative estimate of drug-likeness (QED) is 0.513. The predicted octanol–water partition coefficient (Wildman–Crippen LogP) is 0.337. The first-order valence-electron chi connectivity index (χ1n) is 7.42. The SMILES string of the molecule is CC(=O)OC[C@H]1O[C@@H](OC(C)=O)[C@H](OC(C)=O)[C@@H](OC(C)=O)[C@H]1C. The Morgan fingerprint density at radius 1 is 0.792 bits per heavy atom. The molecule has 0 unspecified atom stereocenters. The zero-order chi connectivity index (χ0) is 18.4. The average Bonchev–Trinajstić information content (AvgIpc) is 2.42. The first kappa shape index (κ1) is 19.9. The van der Waals surface area contributed by atoms with Gasteiger partial charge in [0.2, 0.25) is 12.4 Å². The molecular formula is C15H22O9. The number of carbonyl (C=O) groups excluding carboxylic acids is 4. The Hall–Kier alpha value is -2.16. The summed E-state index contributed by atoms with van der Waals surface area (Å²) in [6, 6.07) is 0. The molecule has 0 N–H and O–H groups in total. The Balaban J connectivity index is 3.07. The smallest absolute Gasteiger partial charge is 0.305 e. The first-order valence-corrected chi connectivity index (χ1v) is 7.42. The maximum atomic E-state index is 11.4. The van der Waals surface area contributed by atoms with Gasteiger partial charge in [-0.3, -0.25) is 19.2 Å². The van der Waals surface area contributed by atoms with Crippen LogP contribution in [0.3, 0.4) is 0 Å². The van der Waals surface area contributed by atoms with Crippen LogP contribution in [0.2, 0.25) is 0 Å². The Labute approximate surface area is 139 Å². The van der Waals surface area contributed by atoms with Crippen LogP contribution >= 0.6 is 0 Å². The van der Waals surface area contributed by atoms with E-state index >= 15 is 0 Å². The van der Waals surface area contributed by atoms with Crippen molar-refractivity contribution >= 4 is 23.9 Å². The highest BCUT2D eigenvalue weighted by Gasteiger charge is 2.49. The van der Waals surface area contributed by atoms with Crippen molar-refractivity contribution in [2.45, 2.75) is 59.2 Å². The summed E-state index contributed by atoms with van der Waals surface area (Å²) in [5, 5.41) is 0. The molecule has 0 aliphatic carbocycles. The van der Waals surface area contributed by atoms with E-state index in [1.807, 2.05) is 0 Å². The van der Waals surface area contributed by atoms with Crippen LogP contribution in [0.25, 0.3) is 0 Å². The molecule has 9 nitrogen and oxygen atoms in total. The van der Waals surface area contributed by atoms with Gasteiger partial charge in [-0.05, 0) is 0 Å². The summed E-state index contributed by atoms with van der Waals surface area (Å²) in [6.45, 7) is 6.33. The van der Waals surface area contributed by atoms with E-state index in [2.05, 4.69) is 0 Å². The minimum Gasteiger partial charge on any atom is -0.463 e. The summed E-state index contributed by atoms with van der Waals surface area (Å²) in [6.07, 6.45) is -4.05. The maximum Gasteiger partial charge on any atom is 0.305 e. The van der Waals surface area contributed by atoms with Gasteiger partial charge in [0.05, 0.1) is 0 Å². The molecular weight excluding hydrogens is 324 g/mol. The number of hydrogen-bond donors (Lipinski definition) is 0. The van der Waals surface area contributed by atoms with E-state index in [4.69, 9.17) is 23.7 Å². The van der Waals surface area contributed by atoms with Crippen molar-refractivity contribution in [3.8, 4) is 0 Å². The molecule has 0 amide bonds. The Morgan fingerprint density at radius 2 is 1.29 bits per heavy atom. The van der Waals surface area contributed by atoms with Crippen LogP contribution in [0, 0.1) is 5.92 Å². The molecule has 1 rings (SSSR count). The standard InChI is InChI=1S/C15H22O9/c1-7-12(6-20-8(2)16)24-15(23-11(5)19)14(22-10(4)18)13(7)21-9(3)17/h7,12-15H,6H2,1-5H3/t7-,12+,13-,14+,15+/m0/s1. The number of esters is 4. The molecule has 0 radical (unpaired) electrons. The molecule has 1 saturated heterocycles. The van der Waals surface area contributed by atoms with Crippen LogP contribution < -0.4 is 0 Å². The Kier molecular flexibility index (Phi) is 7.15. The predicted molar refractivity (Wildman–Crippen MR) is 77.3 cm³/mol. The third kappa shape index (κ3) is 5.80. The molecule has 0 aromatic carbocycles. The lowest BCUT2D eigenvalue weighted by Crippen LogP contribution is -2.58. The molecule has 1 fully saturated rings. The second-order valence-electron chi connectivity index (χ2n) is 5.46. The lowest BCUT2D eigenvalue weighted by atomic mass is 9.90. The van der Waals surface area contributed by atoms with Crippen LogP contribution in [0.5, 0.6) is 0 Å². The fourth-order valence-electron chi connectivity index (χ4n) is 2.37. The topological polar surface area (TPSA) is 114 Å². The van der Waals surface area contributed by atoms with Crippen molar-refractivity contribution in [3.05, 3.63) is 0 Å².